The van der Waals surface area contributed by atoms with Gasteiger partial charge in [0.1, 0.15) is 5.69 Å². The van der Waals surface area contributed by atoms with Crippen LogP contribution in [-0.2, 0) is 6.18 Å². The molecule has 0 N–H and O–H groups in total. The van der Waals surface area contributed by atoms with Gasteiger partial charge in [-0.1, -0.05) is 0 Å². The quantitative estimate of drug-likeness (QED) is 0.811. The highest BCUT2D eigenvalue weighted by atomic mass is 19.4. The van der Waals surface area contributed by atoms with Crippen LogP contribution in [0.2, 0.25) is 0 Å². The predicted octanol–water partition coefficient (Wildman–Crippen LogP) is 1.92. The molecular weight excluding hydrogens is 361 g/mol. The van der Waals surface area contributed by atoms with E-state index in [0.717, 1.165) is 29.8 Å². The average Bonchev–Trinajstić information content (AvgIpc) is 2.67. The molecule has 2 aromatic heterocycles. The highest BCUT2D eigenvalue weighted by molar-refractivity contribution is 5.94. The second kappa shape index (κ2) is 7.37. The summed E-state index contributed by atoms with van der Waals surface area (Å²) in [7, 11) is 3.82. The van der Waals surface area contributed by atoms with E-state index in [-0.39, 0.29) is 11.5 Å². The van der Waals surface area contributed by atoms with Gasteiger partial charge in [-0.3, -0.25) is 9.78 Å². The molecule has 10 heteroatoms. The molecule has 0 aromatic carbocycles. The van der Waals surface area contributed by atoms with Crippen LogP contribution in [0, 0.1) is 0 Å². The maximum absolute atomic E-state index is 12.6. The SMILES string of the molecule is CN(C)c1cnnc(N2CCN(C(=O)c3ccc(C(F)(F)F)nc3)CC2)c1. The van der Waals surface area contributed by atoms with Gasteiger partial charge in [0.25, 0.3) is 5.91 Å². The van der Waals surface area contributed by atoms with Crippen molar-refractivity contribution in [2.24, 2.45) is 0 Å². The number of hydrogen-bond acceptors (Lipinski definition) is 6. The Morgan fingerprint density at radius 2 is 1.81 bits per heavy atom. The first-order chi connectivity index (χ1) is 12.8. The zero-order chi connectivity index (χ0) is 19.6. The summed E-state index contributed by atoms with van der Waals surface area (Å²) in [6.45, 7) is 2.00. The molecule has 2 aromatic rings. The van der Waals surface area contributed by atoms with E-state index in [9.17, 15) is 18.0 Å². The molecule has 3 rings (SSSR count). The fourth-order valence-corrected chi connectivity index (χ4v) is 2.75. The lowest BCUT2D eigenvalue weighted by atomic mass is 10.2. The van der Waals surface area contributed by atoms with Crippen LogP contribution < -0.4 is 9.80 Å². The summed E-state index contributed by atoms with van der Waals surface area (Å²) < 4.78 is 37.7. The molecule has 27 heavy (non-hydrogen) atoms. The zero-order valence-electron chi connectivity index (χ0n) is 14.9. The minimum atomic E-state index is -4.52. The lowest BCUT2D eigenvalue weighted by Crippen LogP contribution is -2.49. The van der Waals surface area contributed by atoms with Crippen molar-refractivity contribution in [2.45, 2.75) is 6.18 Å². The van der Waals surface area contributed by atoms with Gasteiger partial charge in [-0.15, -0.1) is 5.10 Å². The average molecular weight is 380 g/mol. The van der Waals surface area contributed by atoms with Gasteiger partial charge in [-0.2, -0.15) is 18.3 Å². The summed E-state index contributed by atoms with van der Waals surface area (Å²) in [5, 5.41) is 8.13. The van der Waals surface area contributed by atoms with Gasteiger partial charge < -0.3 is 14.7 Å². The Labute approximate surface area is 154 Å². The Bertz CT molecular complexity index is 801. The van der Waals surface area contributed by atoms with Crippen molar-refractivity contribution in [1.82, 2.24) is 20.1 Å². The van der Waals surface area contributed by atoms with Crippen molar-refractivity contribution in [3.63, 3.8) is 0 Å². The predicted molar refractivity (Wildman–Crippen MR) is 93.7 cm³/mol. The Morgan fingerprint density at radius 1 is 1.11 bits per heavy atom. The number of nitrogens with zero attached hydrogens (tertiary/aromatic N) is 6. The molecule has 3 heterocycles. The van der Waals surface area contributed by atoms with Crippen LogP contribution in [0.15, 0.2) is 30.6 Å². The summed E-state index contributed by atoms with van der Waals surface area (Å²) in [4.78, 5) is 21.4. The topological polar surface area (TPSA) is 65.5 Å². The van der Waals surface area contributed by atoms with Gasteiger partial charge in [0.15, 0.2) is 5.82 Å². The van der Waals surface area contributed by atoms with Crippen molar-refractivity contribution in [1.29, 1.82) is 0 Å². The van der Waals surface area contributed by atoms with Crippen molar-refractivity contribution < 1.29 is 18.0 Å². The first-order valence-corrected chi connectivity index (χ1v) is 8.33. The molecule has 0 spiro atoms. The number of aromatic nitrogens is 3. The molecule has 7 nitrogen and oxygen atoms in total. The van der Waals surface area contributed by atoms with Crippen LogP contribution >= 0.6 is 0 Å². The second-order valence-corrected chi connectivity index (χ2v) is 6.38. The molecule has 0 saturated carbocycles. The molecule has 1 amide bonds. The Morgan fingerprint density at radius 3 is 2.37 bits per heavy atom. The van der Waals surface area contributed by atoms with Gasteiger partial charge in [0.05, 0.1) is 17.4 Å². The smallest absolute Gasteiger partial charge is 0.376 e. The van der Waals surface area contributed by atoms with Gasteiger partial charge in [-0.05, 0) is 12.1 Å². The fourth-order valence-electron chi connectivity index (χ4n) is 2.75. The van der Waals surface area contributed by atoms with Gasteiger partial charge >= 0.3 is 6.18 Å². The molecule has 1 saturated heterocycles. The number of anilines is 2. The number of pyridine rings is 1. The maximum Gasteiger partial charge on any atom is 0.433 e. The van der Waals surface area contributed by atoms with E-state index in [1.807, 2.05) is 30.0 Å². The van der Waals surface area contributed by atoms with E-state index < -0.39 is 11.9 Å². The monoisotopic (exact) mass is 380 g/mol. The summed E-state index contributed by atoms with van der Waals surface area (Å²) in [5.41, 5.74) is 0.0587. The highest BCUT2D eigenvalue weighted by Gasteiger charge is 2.32. The third kappa shape index (κ3) is 4.26. The van der Waals surface area contributed by atoms with Crippen LogP contribution in [0.4, 0.5) is 24.7 Å². The molecule has 0 atom stereocenters. The Kier molecular flexibility index (Phi) is 5.15. The van der Waals surface area contributed by atoms with E-state index >= 15 is 0 Å². The van der Waals surface area contributed by atoms with Crippen molar-refractivity contribution in [3.05, 3.63) is 41.9 Å². The number of hydrogen-bond donors (Lipinski definition) is 0. The third-order valence-electron chi connectivity index (χ3n) is 4.34. The zero-order valence-corrected chi connectivity index (χ0v) is 14.9. The van der Waals surface area contributed by atoms with Crippen molar-refractivity contribution in [2.75, 3.05) is 50.1 Å². The van der Waals surface area contributed by atoms with Crippen LogP contribution in [0.3, 0.4) is 0 Å². The lowest BCUT2D eigenvalue weighted by molar-refractivity contribution is -0.141. The molecule has 0 aliphatic carbocycles. The molecule has 144 valence electrons. The molecule has 1 aliphatic heterocycles. The maximum atomic E-state index is 12.6. The van der Waals surface area contributed by atoms with Gasteiger partial charge in [-0.25, -0.2) is 0 Å². The Hall–Kier alpha value is -2.91. The third-order valence-corrected chi connectivity index (χ3v) is 4.34. The van der Waals surface area contributed by atoms with Gasteiger partial charge in [0, 0.05) is 52.5 Å². The molecule has 0 bridgehead atoms. The minimum absolute atomic E-state index is 0.144. The normalized spacial score (nSPS) is 15.0. The molecule has 1 fully saturated rings. The van der Waals surface area contributed by atoms with Crippen LogP contribution in [0.25, 0.3) is 0 Å². The number of halogens is 3. The minimum Gasteiger partial charge on any atom is -0.376 e. The number of rotatable bonds is 3. The first-order valence-electron chi connectivity index (χ1n) is 8.33. The second-order valence-electron chi connectivity index (χ2n) is 6.38. The number of carbonyl (C=O) groups excluding carboxylic acids is 1. The van der Waals surface area contributed by atoms with E-state index in [1.165, 1.54) is 0 Å². The number of alkyl halides is 3. The summed E-state index contributed by atoms with van der Waals surface area (Å²) in [6.07, 6.45) is -1.88. The van der Waals surface area contributed by atoms with Crippen LogP contribution in [0.1, 0.15) is 16.1 Å². The van der Waals surface area contributed by atoms with E-state index in [4.69, 9.17) is 0 Å². The highest BCUT2D eigenvalue weighted by Crippen LogP contribution is 2.27. The van der Waals surface area contributed by atoms with Crippen LogP contribution in [-0.4, -0.2) is 66.3 Å². The van der Waals surface area contributed by atoms with Crippen molar-refractivity contribution >= 4 is 17.4 Å². The number of carbonyl (C=O) groups is 1. The number of piperazine rings is 1. The summed E-state index contributed by atoms with van der Waals surface area (Å²) in [6, 6.07) is 3.91. The van der Waals surface area contributed by atoms with Gasteiger partial charge in [0.2, 0.25) is 0 Å². The molecule has 1 aliphatic rings. The van der Waals surface area contributed by atoms with Crippen LogP contribution in [0.5, 0.6) is 0 Å². The van der Waals surface area contributed by atoms with E-state index in [2.05, 4.69) is 15.2 Å². The first kappa shape index (κ1) is 18.9. The molecule has 0 unspecified atom stereocenters. The molecule has 0 radical (unpaired) electrons. The lowest BCUT2D eigenvalue weighted by Gasteiger charge is -2.35. The molecular formula is C17H19F3N6O. The van der Waals surface area contributed by atoms with E-state index in [0.29, 0.717) is 26.2 Å². The summed E-state index contributed by atoms with van der Waals surface area (Å²) in [5.74, 6) is 0.397. The van der Waals surface area contributed by atoms with Crippen molar-refractivity contribution in [3.8, 4) is 0 Å². The Balaban J connectivity index is 1.63. The largest absolute Gasteiger partial charge is 0.433 e. The van der Waals surface area contributed by atoms with E-state index in [1.54, 1.807) is 11.1 Å². The standard InChI is InChI=1S/C17H19F3N6O/c1-24(2)13-9-15(23-22-11-13)25-5-7-26(8-6-25)16(27)12-3-4-14(21-10-12)17(18,19)20/h3-4,9-11H,5-8H2,1-2H3. The fraction of sp³-hybridized carbons (Fsp3) is 0.412. The number of amides is 1. The summed E-state index contributed by atoms with van der Waals surface area (Å²) >= 11 is 0.